The van der Waals surface area contributed by atoms with Crippen molar-refractivity contribution < 1.29 is 17.6 Å². The van der Waals surface area contributed by atoms with Gasteiger partial charge in [0.2, 0.25) is 0 Å². The van der Waals surface area contributed by atoms with Crippen molar-refractivity contribution in [3.63, 3.8) is 0 Å². The van der Waals surface area contributed by atoms with E-state index in [-0.39, 0.29) is 17.9 Å². The van der Waals surface area contributed by atoms with Gasteiger partial charge in [-0.25, -0.2) is 4.39 Å². The van der Waals surface area contributed by atoms with E-state index in [9.17, 15) is 17.6 Å². The molecule has 0 aliphatic rings. The van der Waals surface area contributed by atoms with Crippen molar-refractivity contribution in [2.45, 2.75) is 13.1 Å². The Balaban J connectivity index is 2.99. The fourth-order valence-electron chi connectivity index (χ4n) is 1.37. The highest BCUT2D eigenvalue weighted by Crippen LogP contribution is 2.27. The third-order valence-corrected chi connectivity index (χ3v) is 2.09. The summed E-state index contributed by atoms with van der Waals surface area (Å²) in [6.07, 6.45) is -4.34. The van der Waals surface area contributed by atoms with Crippen molar-refractivity contribution in [3.8, 4) is 0 Å². The van der Waals surface area contributed by atoms with Gasteiger partial charge in [0.1, 0.15) is 12.4 Å². The summed E-state index contributed by atoms with van der Waals surface area (Å²) in [6.45, 7) is 0.514. The topological polar surface area (TPSA) is 29.3 Å². The minimum Gasteiger partial charge on any atom is -0.397 e. The van der Waals surface area contributed by atoms with Gasteiger partial charge >= 0.3 is 6.18 Å². The predicted molar refractivity (Wildman–Crippen MR) is 54.8 cm³/mol. The van der Waals surface area contributed by atoms with Crippen LogP contribution in [0.3, 0.4) is 0 Å². The quantitative estimate of drug-likeness (QED) is 0.646. The molecule has 0 aliphatic carbocycles. The number of anilines is 2. The highest BCUT2D eigenvalue weighted by atomic mass is 19.4. The van der Waals surface area contributed by atoms with E-state index in [4.69, 9.17) is 5.73 Å². The summed E-state index contributed by atoms with van der Waals surface area (Å²) in [5.74, 6) is -0.607. The van der Waals surface area contributed by atoms with Crippen molar-refractivity contribution in [2.24, 2.45) is 0 Å². The SMILES string of the molecule is CCN(CC(F)(F)F)c1cc(F)ccc1N. The molecule has 0 fully saturated rings. The van der Waals surface area contributed by atoms with Crippen LogP contribution in [0, 0.1) is 5.82 Å². The summed E-state index contributed by atoms with van der Waals surface area (Å²) in [5.41, 5.74) is 5.71. The molecular weight excluding hydrogens is 224 g/mol. The second-order valence-corrected chi connectivity index (χ2v) is 3.33. The van der Waals surface area contributed by atoms with Crippen molar-refractivity contribution >= 4 is 11.4 Å². The predicted octanol–water partition coefficient (Wildman–Crippen LogP) is 2.80. The molecule has 0 amide bonds. The molecule has 0 aromatic heterocycles. The molecule has 0 atom stereocenters. The maximum absolute atomic E-state index is 12.9. The van der Waals surface area contributed by atoms with Crippen molar-refractivity contribution in [1.82, 2.24) is 0 Å². The Kier molecular flexibility index (Phi) is 3.62. The first-order valence-electron chi connectivity index (χ1n) is 4.70. The average molecular weight is 236 g/mol. The van der Waals surface area contributed by atoms with E-state index in [1.54, 1.807) is 6.92 Å². The van der Waals surface area contributed by atoms with Gasteiger partial charge in [0.25, 0.3) is 0 Å². The monoisotopic (exact) mass is 236 g/mol. The standard InChI is InChI=1S/C10H12F4N2/c1-2-16(6-10(12,13)14)9-5-7(11)3-4-8(9)15/h3-5H,2,6,15H2,1H3. The fraction of sp³-hybridized carbons (Fsp3) is 0.400. The van der Waals surface area contributed by atoms with Crippen molar-refractivity contribution in [2.75, 3.05) is 23.7 Å². The molecule has 16 heavy (non-hydrogen) atoms. The Labute approximate surface area is 90.7 Å². The second-order valence-electron chi connectivity index (χ2n) is 3.33. The van der Waals surface area contributed by atoms with Crippen LogP contribution in [-0.2, 0) is 0 Å². The molecule has 90 valence electrons. The molecule has 6 heteroatoms. The molecule has 2 N–H and O–H groups in total. The average Bonchev–Trinajstić information content (AvgIpc) is 2.17. The van der Waals surface area contributed by atoms with E-state index in [0.29, 0.717) is 0 Å². The molecule has 1 rings (SSSR count). The first-order valence-corrected chi connectivity index (χ1v) is 4.70. The first kappa shape index (κ1) is 12.6. The Morgan fingerprint density at radius 3 is 2.44 bits per heavy atom. The van der Waals surface area contributed by atoms with Crippen LogP contribution in [0.2, 0.25) is 0 Å². The van der Waals surface area contributed by atoms with Crippen LogP contribution in [0.4, 0.5) is 28.9 Å². The van der Waals surface area contributed by atoms with E-state index in [0.717, 1.165) is 17.0 Å². The van der Waals surface area contributed by atoms with Crippen LogP contribution in [0.5, 0.6) is 0 Å². The maximum Gasteiger partial charge on any atom is 0.405 e. The Bertz CT molecular complexity index is 362. The Morgan fingerprint density at radius 1 is 1.31 bits per heavy atom. The van der Waals surface area contributed by atoms with Crippen molar-refractivity contribution in [3.05, 3.63) is 24.0 Å². The van der Waals surface area contributed by atoms with Crippen LogP contribution >= 0.6 is 0 Å². The highest BCUT2D eigenvalue weighted by molar-refractivity contribution is 5.67. The first-order chi connectivity index (χ1) is 7.33. The van der Waals surface area contributed by atoms with E-state index in [1.165, 1.54) is 6.07 Å². The zero-order valence-electron chi connectivity index (χ0n) is 8.68. The molecule has 2 nitrogen and oxygen atoms in total. The van der Waals surface area contributed by atoms with Crippen LogP contribution in [0.25, 0.3) is 0 Å². The number of nitrogen functional groups attached to an aromatic ring is 1. The summed E-state index contributed by atoms with van der Waals surface area (Å²) in [6, 6.07) is 3.37. The molecule has 1 aromatic carbocycles. The molecular formula is C10H12F4N2. The molecule has 0 radical (unpaired) electrons. The second kappa shape index (κ2) is 4.59. The lowest BCUT2D eigenvalue weighted by molar-refractivity contribution is -0.119. The van der Waals surface area contributed by atoms with Gasteiger partial charge in [0, 0.05) is 6.54 Å². The number of nitrogens with two attached hydrogens (primary N) is 1. The number of hydrogen-bond acceptors (Lipinski definition) is 2. The summed E-state index contributed by atoms with van der Waals surface area (Å²) < 4.78 is 49.6. The molecule has 0 saturated heterocycles. The fourth-order valence-corrected chi connectivity index (χ4v) is 1.37. The van der Waals surface area contributed by atoms with E-state index in [1.807, 2.05) is 0 Å². The van der Waals surface area contributed by atoms with Gasteiger partial charge in [-0.05, 0) is 25.1 Å². The van der Waals surface area contributed by atoms with Crippen LogP contribution < -0.4 is 10.6 Å². The number of hydrogen-bond donors (Lipinski definition) is 1. The molecule has 0 bridgehead atoms. The summed E-state index contributed by atoms with van der Waals surface area (Å²) in [5, 5.41) is 0. The van der Waals surface area contributed by atoms with Gasteiger partial charge in [-0.15, -0.1) is 0 Å². The van der Waals surface area contributed by atoms with Crippen LogP contribution in [0.15, 0.2) is 18.2 Å². The van der Waals surface area contributed by atoms with Gasteiger partial charge in [-0.3, -0.25) is 0 Å². The molecule has 0 spiro atoms. The highest BCUT2D eigenvalue weighted by Gasteiger charge is 2.30. The Hall–Kier alpha value is -1.46. The number of benzene rings is 1. The third-order valence-electron chi connectivity index (χ3n) is 2.09. The van der Waals surface area contributed by atoms with E-state index < -0.39 is 18.5 Å². The smallest absolute Gasteiger partial charge is 0.397 e. The number of halogens is 4. The zero-order chi connectivity index (χ0) is 12.3. The lowest BCUT2D eigenvalue weighted by Gasteiger charge is -2.25. The van der Waals surface area contributed by atoms with Gasteiger partial charge in [-0.2, -0.15) is 13.2 Å². The van der Waals surface area contributed by atoms with Gasteiger partial charge in [0.05, 0.1) is 11.4 Å². The van der Waals surface area contributed by atoms with E-state index >= 15 is 0 Å². The lowest BCUT2D eigenvalue weighted by Crippen LogP contribution is -2.34. The molecule has 0 heterocycles. The third kappa shape index (κ3) is 3.29. The van der Waals surface area contributed by atoms with E-state index in [2.05, 4.69) is 0 Å². The normalized spacial score (nSPS) is 11.6. The molecule has 0 aliphatic heterocycles. The largest absolute Gasteiger partial charge is 0.405 e. The summed E-state index contributed by atoms with van der Waals surface area (Å²) >= 11 is 0. The number of alkyl halides is 3. The number of nitrogens with zero attached hydrogens (tertiary/aromatic N) is 1. The van der Waals surface area contributed by atoms with Crippen LogP contribution in [0.1, 0.15) is 6.92 Å². The Morgan fingerprint density at radius 2 is 1.94 bits per heavy atom. The lowest BCUT2D eigenvalue weighted by atomic mass is 10.2. The molecule has 0 saturated carbocycles. The number of rotatable bonds is 3. The summed E-state index contributed by atoms with van der Waals surface area (Å²) in [4.78, 5) is 0.985. The van der Waals surface area contributed by atoms with Gasteiger partial charge in [0.15, 0.2) is 0 Å². The minimum absolute atomic E-state index is 0.0693. The zero-order valence-corrected chi connectivity index (χ0v) is 8.68. The molecule has 0 unspecified atom stereocenters. The summed E-state index contributed by atoms with van der Waals surface area (Å²) in [7, 11) is 0. The van der Waals surface area contributed by atoms with Gasteiger partial charge < -0.3 is 10.6 Å². The minimum atomic E-state index is -4.34. The maximum atomic E-state index is 12.9. The van der Waals surface area contributed by atoms with Gasteiger partial charge in [-0.1, -0.05) is 0 Å². The molecule has 1 aromatic rings. The van der Waals surface area contributed by atoms with Crippen molar-refractivity contribution in [1.29, 1.82) is 0 Å². The van der Waals surface area contributed by atoms with Crippen LogP contribution in [-0.4, -0.2) is 19.3 Å².